The molecule has 1 aromatic carbocycles. The van der Waals surface area contributed by atoms with Crippen LogP contribution >= 0.6 is 11.3 Å². The number of methoxy groups -OCH3 is 2. The molecule has 4 nitrogen and oxygen atoms in total. The van der Waals surface area contributed by atoms with E-state index < -0.39 is 0 Å². The molecule has 0 saturated carbocycles. The van der Waals surface area contributed by atoms with E-state index in [9.17, 15) is 0 Å². The van der Waals surface area contributed by atoms with Crippen molar-refractivity contribution < 1.29 is 9.47 Å². The molecule has 0 amide bonds. The Morgan fingerprint density at radius 2 is 1.75 bits per heavy atom. The summed E-state index contributed by atoms with van der Waals surface area (Å²) in [4.78, 5) is 2.64. The molecule has 5 heteroatoms. The summed E-state index contributed by atoms with van der Waals surface area (Å²) < 4.78 is 10.5. The standard InChI is InChI=1S/C15H20N2O2S/c1-9-5-11(20-10(9)2)8-17-13-7-15(19-4)14(18-3)6-12(13)16/h5-7,17H,8,16H2,1-4H3. The number of hydrogen-bond acceptors (Lipinski definition) is 5. The number of nitrogens with one attached hydrogen (secondary N) is 1. The molecule has 20 heavy (non-hydrogen) atoms. The molecule has 0 spiro atoms. The number of anilines is 2. The second kappa shape index (κ2) is 6.05. The molecule has 0 bridgehead atoms. The number of nitrogens with two attached hydrogens (primary N) is 1. The number of benzene rings is 1. The Morgan fingerprint density at radius 1 is 1.10 bits per heavy atom. The van der Waals surface area contributed by atoms with Crippen molar-refractivity contribution in [2.24, 2.45) is 0 Å². The van der Waals surface area contributed by atoms with Crippen LogP contribution < -0.4 is 20.5 Å². The second-order valence-electron chi connectivity index (χ2n) is 4.60. The summed E-state index contributed by atoms with van der Waals surface area (Å²) in [5, 5.41) is 3.35. The van der Waals surface area contributed by atoms with Crippen LogP contribution in [0.15, 0.2) is 18.2 Å². The number of thiophene rings is 1. The van der Waals surface area contributed by atoms with Crippen molar-refractivity contribution in [2.45, 2.75) is 20.4 Å². The van der Waals surface area contributed by atoms with Gasteiger partial charge in [-0.25, -0.2) is 0 Å². The average molecular weight is 292 g/mol. The maximum atomic E-state index is 6.03. The highest BCUT2D eigenvalue weighted by Crippen LogP contribution is 2.35. The number of aryl methyl sites for hydroxylation is 2. The van der Waals surface area contributed by atoms with Gasteiger partial charge in [-0.05, 0) is 25.5 Å². The molecular weight excluding hydrogens is 272 g/mol. The first kappa shape index (κ1) is 14.5. The van der Waals surface area contributed by atoms with Crippen LogP contribution in [0.4, 0.5) is 11.4 Å². The van der Waals surface area contributed by atoms with Crippen LogP contribution in [0.3, 0.4) is 0 Å². The Morgan fingerprint density at radius 3 is 2.30 bits per heavy atom. The summed E-state index contributed by atoms with van der Waals surface area (Å²) in [6.45, 7) is 5.01. The first-order chi connectivity index (χ1) is 9.55. The summed E-state index contributed by atoms with van der Waals surface area (Å²) in [7, 11) is 3.21. The molecule has 0 aliphatic rings. The third-order valence-electron chi connectivity index (χ3n) is 3.23. The van der Waals surface area contributed by atoms with Gasteiger partial charge in [-0.2, -0.15) is 0 Å². The lowest BCUT2D eigenvalue weighted by molar-refractivity contribution is 0.355. The molecule has 0 atom stereocenters. The van der Waals surface area contributed by atoms with Gasteiger partial charge in [0.15, 0.2) is 11.5 Å². The summed E-state index contributed by atoms with van der Waals surface area (Å²) >= 11 is 1.80. The summed E-state index contributed by atoms with van der Waals surface area (Å²) in [6.07, 6.45) is 0. The molecule has 1 heterocycles. The number of ether oxygens (including phenoxy) is 2. The van der Waals surface area contributed by atoms with Crippen molar-refractivity contribution in [3.8, 4) is 11.5 Å². The van der Waals surface area contributed by atoms with E-state index in [0.29, 0.717) is 17.2 Å². The molecule has 0 aliphatic heterocycles. The first-order valence-electron chi connectivity index (χ1n) is 6.36. The fourth-order valence-electron chi connectivity index (χ4n) is 1.97. The molecule has 0 fully saturated rings. The molecule has 2 rings (SSSR count). The van der Waals surface area contributed by atoms with Gasteiger partial charge in [0.2, 0.25) is 0 Å². The lowest BCUT2D eigenvalue weighted by Gasteiger charge is -2.13. The minimum Gasteiger partial charge on any atom is -0.493 e. The van der Waals surface area contributed by atoms with Gasteiger partial charge in [0.25, 0.3) is 0 Å². The molecule has 2 aromatic rings. The van der Waals surface area contributed by atoms with Gasteiger partial charge < -0.3 is 20.5 Å². The molecule has 108 valence electrons. The third kappa shape index (κ3) is 2.99. The largest absolute Gasteiger partial charge is 0.493 e. The van der Waals surface area contributed by atoms with Gasteiger partial charge in [-0.1, -0.05) is 0 Å². The van der Waals surface area contributed by atoms with Crippen LogP contribution in [0.1, 0.15) is 15.3 Å². The van der Waals surface area contributed by atoms with Crippen molar-refractivity contribution >= 4 is 22.7 Å². The van der Waals surface area contributed by atoms with E-state index in [2.05, 4.69) is 25.2 Å². The smallest absolute Gasteiger partial charge is 0.162 e. The molecule has 0 aliphatic carbocycles. The Labute approximate surface area is 123 Å². The van der Waals surface area contributed by atoms with Gasteiger partial charge in [-0.15, -0.1) is 11.3 Å². The zero-order valence-corrected chi connectivity index (χ0v) is 13.1. The molecular formula is C15H20N2O2S. The van der Waals surface area contributed by atoms with E-state index in [1.807, 2.05) is 6.07 Å². The Kier molecular flexibility index (Phi) is 4.39. The van der Waals surface area contributed by atoms with E-state index >= 15 is 0 Å². The zero-order valence-electron chi connectivity index (χ0n) is 12.2. The average Bonchev–Trinajstić information content (AvgIpc) is 2.76. The lowest BCUT2D eigenvalue weighted by atomic mass is 10.2. The van der Waals surface area contributed by atoms with Gasteiger partial charge >= 0.3 is 0 Å². The number of hydrogen-bond donors (Lipinski definition) is 2. The fourth-order valence-corrected chi connectivity index (χ4v) is 2.96. The van der Waals surface area contributed by atoms with Gasteiger partial charge in [0.1, 0.15) is 0 Å². The zero-order chi connectivity index (χ0) is 14.7. The lowest BCUT2D eigenvalue weighted by Crippen LogP contribution is -2.03. The highest BCUT2D eigenvalue weighted by molar-refractivity contribution is 7.12. The fraction of sp³-hybridized carbons (Fsp3) is 0.333. The molecule has 0 unspecified atom stereocenters. The van der Waals surface area contributed by atoms with E-state index in [1.54, 1.807) is 31.6 Å². The quantitative estimate of drug-likeness (QED) is 0.827. The molecule has 3 N–H and O–H groups in total. The van der Waals surface area contributed by atoms with Crippen LogP contribution in [0.25, 0.3) is 0 Å². The van der Waals surface area contributed by atoms with Crippen LogP contribution in [-0.2, 0) is 6.54 Å². The second-order valence-corrected chi connectivity index (χ2v) is 5.94. The minimum atomic E-state index is 0.637. The summed E-state index contributed by atoms with van der Waals surface area (Å²) in [6, 6.07) is 5.83. The molecule has 0 saturated heterocycles. The van der Waals surface area contributed by atoms with Crippen LogP contribution in [0.2, 0.25) is 0 Å². The Balaban J connectivity index is 2.16. The van der Waals surface area contributed by atoms with E-state index in [0.717, 1.165) is 12.2 Å². The third-order valence-corrected chi connectivity index (χ3v) is 4.38. The SMILES string of the molecule is COc1cc(N)c(NCc2cc(C)c(C)s2)cc1OC. The molecule has 1 aromatic heterocycles. The van der Waals surface area contributed by atoms with Crippen molar-refractivity contribution in [1.29, 1.82) is 0 Å². The summed E-state index contributed by atoms with van der Waals surface area (Å²) in [5.74, 6) is 1.31. The van der Waals surface area contributed by atoms with Gasteiger partial charge in [0, 0.05) is 28.4 Å². The van der Waals surface area contributed by atoms with Gasteiger partial charge in [-0.3, -0.25) is 0 Å². The first-order valence-corrected chi connectivity index (χ1v) is 7.18. The highest BCUT2D eigenvalue weighted by Gasteiger charge is 2.09. The van der Waals surface area contributed by atoms with Crippen molar-refractivity contribution in [3.05, 3.63) is 33.5 Å². The topological polar surface area (TPSA) is 56.5 Å². The van der Waals surface area contributed by atoms with Crippen molar-refractivity contribution in [1.82, 2.24) is 0 Å². The van der Waals surface area contributed by atoms with Crippen LogP contribution in [0.5, 0.6) is 11.5 Å². The normalized spacial score (nSPS) is 10.4. The minimum absolute atomic E-state index is 0.637. The number of rotatable bonds is 5. The maximum absolute atomic E-state index is 6.03. The van der Waals surface area contributed by atoms with Crippen molar-refractivity contribution in [2.75, 3.05) is 25.3 Å². The Hall–Kier alpha value is -1.88. The maximum Gasteiger partial charge on any atom is 0.162 e. The Bertz CT molecular complexity index is 589. The van der Waals surface area contributed by atoms with Crippen molar-refractivity contribution in [3.63, 3.8) is 0 Å². The van der Waals surface area contributed by atoms with E-state index in [-0.39, 0.29) is 0 Å². The predicted molar refractivity (Wildman–Crippen MR) is 85.1 cm³/mol. The monoisotopic (exact) mass is 292 g/mol. The van der Waals surface area contributed by atoms with Gasteiger partial charge in [0.05, 0.1) is 25.6 Å². The van der Waals surface area contributed by atoms with E-state index in [4.69, 9.17) is 15.2 Å². The van der Waals surface area contributed by atoms with Crippen LogP contribution in [0, 0.1) is 13.8 Å². The number of nitrogen functional groups attached to an aromatic ring is 1. The van der Waals surface area contributed by atoms with Crippen LogP contribution in [-0.4, -0.2) is 14.2 Å². The highest BCUT2D eigenvalue weighted by atomic mass is 32.1. The summed E-state index contributed by atoms with van der Waals surface area (Å²) in [5.41, 5.74) is 8.85. The predicted octanol–water partition coefficient (Wildman–Crippen LogP) is 3.58. The van der Waals surface area contributed by atoms with E-state index in [1.165, 1.54) is 15.3 Å². The molecule has 0 radical (unpaired) electrons.